The highest BCUT2D eigenvalue weighted by Crippen LogP contribution is 2.43. The molecule has 2 aromatic rings. The molecule has 0 fully saturated rings. The topological polar surface area (TPSA) is 83.9 Å². The maximum absolute atomic E-state index is 13.0. The Labute approximate surface area is 150 Å². The number of carbonyl (C=O) groups excluding carboxylic acids is 2. The van der Waals surface area contributed by atoms with Crippen molar-refractivity contribution in [2.45, 2.75) is 13.8 Å². The normalized spacial score (nSPS) is 14.9. The summed E-state index contributed by atoms with van der Waals surface area (Å²) in [6.07, 6.45) is 0. The summed E-state index contributed by atoms with van der Waals surface area (Å²) in [5.74, 6) is -1.80. The third kappa shape index (κ3) is 2.65. The van der Waals surface area contributed by atoms with Crippen molar-refractivity contribution in [3.63, 3.8) is 0 Å². The molecular formula is C20H17NO5. The van der Waals surface area contributed by atoms with Gasteiger partial charge < -0.3 is 9.84 Å². The van der Waals surface area contributed by atoms with Crippen molar-refractivity contribution < 1.29 is 24.2 Å². The number of hydrogen-bond acceptors (Lipinski definition) is 4. The second-order valence-corrected chi connectivity index (χ2v) is 5.93. The molecule has 0 saturated heterocycles. The predicted molar refractivity (Wildman–Crippen MR) is 96.6 cm³/mol. The molecule has 1 N–H and O–H groups in total. The van der Waals surface area contributed by atoms with Gasteiger partial charge in [0.1, 0.15) is 5.76 Å². The van der Waals surface area contributed by atoms with Crippen LogP contribution in [0.1, 0.15) is 34.0 Å². The van der Waals surface area contributed by atoms with Gasteiger partial charge in [0.05, 0.1) is 23.9 Å². The number of nitrogens with zero attached hydrogens (tertiary/aromatic N) is 1. The smallest absolute Gasteiger partial charge is 0.335 e. The summed E-state index contributed by atoms with van der Waals surface area (Å²) in [5, 5.41) is 9.31. The summed E-state index contributed by atoms with van der Waals surface area (Å²) in [7, 11) is 1.46. The average Bonchev–Trinajstić information content (AvgIpc) is 2.89. The Morgan fingerprint density at radius 3 is 2.27 bits per heavy atom. The molecule has 1 aliphatic heterocycles. The number of aryl methyl sites for hydroxylation is 1. The molecule has 26 heavy (non-hydrogen) atoms. The second kappa shape index (κ2) is 6.48. The first kappa shape index (κ1) is 17.4. The molecule has 6 heteroatoms. The third-order valence-electron chi connectivity index (χ3n) is 4.25. The Hall–Kier alpha value is -3.41. The lowest BCUT2D eigenvalue weighted by atomic mass is 9.96. The van der Waals surface area contributed by atoms with Gasteiger partial charge in [-0.15, -0.1) is 0 Å². The van der Waals surface area contributed by atoms with Gasteiger partial charge in [0, 0.05) is 18.1 Å². The Bertz CT molecular complexity index is 960. The molecule has 0 aromatic heterocycles. The quantitative estimate of drug-likeness (QED) is 0.678. The highest BCUT2D eigenvalue weighted by Gasteiger charge is 2.39. The van der Waals surface area contributed by atoms with Gasteiger partial charge >= 0.3 is 5.97 Å². The zero-order valence-corrected chi connectivity index (χ0v) is 14.6. The first-order chi connectivity index (χ1) is 12.4. The van der Waals surface area contributed by atoms with Crippen LogP contribution in [0, 0.1) is 6.92 Å². The predicted octanol–water partition coefficient (Wildman–Crippen LogP) is 3.10. The Morgan fingerprint density at radius 2 is 1.73 bits per heavy atom. The second-order valence-electron chi connectivity index (χ2n) is 5.93. The van der Waals surface area contributed by atoms with Crippen molar-refractivity contribution in [1.29, 1.82) is 0 Å². The largest absolute Gasteiger partial charge is 0.495 e. The van der Waals surface area contributed by atoms with Crippen LogP contribution >= 0.6 is 0 Å². The molecule has 1 aliphatic rings. The first-order valence-corrected chi connectivity index (χ1v) is 7.93. The summed E-state index contributed by atoms with van der Waals surface area (Å²) >= 11 is 0. The van der Waals surface area contributed by atoms with E-state index >= 15 is 0 Å². The SMILES string of the molecule is COC(=C1C(=O)N(C(C)=O)c2cc(C(=O)O)cc(C)c21)c1ccccc1. The number of carbonyl (C=O) groups is 3. The zero-order valence-electron chi connectivity index (χ0n) is 14.6. The van der Waals surface area contributed by atoms with Crippen molar-refractivity contribution in [3.8, 4) is 0 Å². The average molecular weight is 351 g/mol. The molecule has 0 radical (unpaired) electrons. The van der Waals surface area contributed by atoms with Crippen LogP contribution in [0.25, 0.3) is 11.3 Å². The van der Waals surface area contributed by atoms with Crippen LogP contribution in [-0.4, -0.2) is 30.0 Å². The molecule has 3 rings (SSSR count). The van der Waals surface area contributed by atoms with Gasteiger partial charge in [0.2, 0.25) is 5.91 Å². The number of hydrogen-bond donors (Lipinski definition) is 1. The van der Waals surface area contributed by atoms with Gasteiger partial charge in [0.25, 0.3) is 5.91 Å². The molecule has 0 atom stereocenters. The van der Waals surface area contributed by atoms with Crippen molar-refractivity contribution in [3.05, 3.63) is 64.7 Å². The van der Waals surface area contributed by atoms with E-state index in [1.54, 1.807) is 19.1 Å². The fraction of sp³-hybridized carbons (Fsp3) is 0.150. The monoisotopic (exact) mass is 351 g/mol. The number of methoxy groups -OCH3 is 1. The number of benzene rings is 2. The number of imide groups is 1. The lowest BCUT2D eigenvalue weighted by Crippen LogP contribution is -2.31. The minimum atomic E-state index is -1.13. The molecular weight excluding hydrogens is 334 g/mol. The zero-order chi connectivity index (χ0) is 19.0. The van der Waals surface area contributed by atoms with E-state index in [4.69, 9.17) is 4.74 Å². The summed E-state index contributed by atoms with van der Waals surface area (Å²) in [5.41, 5.74) is 2.31. The van der Waals surface area contributed by atoms with Crippen LogP contribution in [0.4, 0.5) is 5.69 Å². The highest BCUT2D eigenvalue weighted by molar-refractivity contribution is 6.43. The Balaban J connectivity index is 2.37. The minimum Gasteiger partial charge on any atom is -0.495 e. The summed E-state index contributed by atoms with van der Waals surface area (Å²) in [4.78, 5) is 37.5. The number of ether oxygens (including phenoxy) is 1. The van der Waals surface area contributed by atoms with Gasteiger partial charge in [-0.3, -0.25) is 9.59 Å². The number of carboxylic acids is 1. The maximum atomic E-state index is 13.0. The van der Waals surface area contributed by atoms with E-state index in [2.05, 4.69) is 0 Å². The summed E-state index contributed by atoms with van der Waals surface area (Å²) in [6, 6.07) is 11.9. The number of aromatic carboxylic acids is 1. The van der Waals surface area contributed by atoms with Crippen molar-refractivity contribution in [2.75, 3.05) is 12.0 Å². The highest BCUT2D eigenvalue weighted by atomic mass is 16.5. The molecule has 6 nitrogen and oxygen atoms in total. The van der Waals surface area contributed by atoms with E-state index < -0.39 is 17.8 Å². The molecule has 0 saturated carbocycles. The summed E-state index contributed by atoms with van der Waals surface area (Å²) < 4.78 is 5.51. The van der Waals surface area contributed by atoms with E-state index in [0.717, 1.165) is 4.90 Å². The molecule has 132 valence electrons. The van der Waals surface area contributed by atoms with Crippen LogP contribution in [0.3, 0.4) is 0 Å². The van der Waals surface area contributed by atoms with Crippen LogP contribution in [-0.2, 0) is 14.3 Å². The number of carboxylic acid groups (broad SMARTS) is 1. The summed E-state index contributed by atoms with van der Waals surface area (Å²) in [6.45, 7) is 2.98. The maximum Gasteiger partial charge on any atom is 0.335 e. The third-order valence-corrected chi connectivity index (χ3v) is 4.25. The molecule has 0 bridgehead atoms. The minimum absolute atomic E-state index is 0.0141. The van der Waals surface area contributed by atoms with Gasteiger partial charge in [0.15, 0.2) is 0 Å². The number of amides is 2. The van der Waals surface area contributed by atoms with E-state index in [9.17, 15) is 19.5 Å². The van der Waals surface area contributed by atoms with Crippen LogP contribution < -0.4 is 4.90 Å². The van der Waals surface area contributed by atoms with Gasteiger partial charge in [-0.05, 0) is 24.6 Å². The number of anilines is 1. The van der Waals surface area contributed by atoms with Crippen molar-refractivity contribution >= 4 is 34.8 Å². The lowest BCUT2D eigenvalue weighted by molar-refractivity contribution is -0.122. The van der Waals surface area contributed by atoms with E-state index in [1.165, 1.54) is 26.2 Å². The Kier molecular flexibility index (Phi) is 4.34. The molecule has 0 spiro atoms. The van der Waals surface area contributed by atoms with Gasteiger partial charge in [-0.25, -0.2) is 9.69 Å². The standard InChI is InChI=1S/C20H17NO5/c1-11-9-14(20(24)25)10-15-16(11)17(19(23)21(15)12(2)22)18(26-3)13-7-5-4-6-8-13/h4-10H,1-3H3,(H,24,25). The van der Waals surface area contributed by atoms with Crippen LogP contribution in [0.5, 0.6) is 0 Å². The molecule has 1 heterocycles. The van der Waals surface area contributed by atoms with Crippen LogP contribution in [0.15, 0.2) is 42.5 Å². The van der Waals surface area contributed by atoms with Crippen LogP contribution in [0.2, 0.25) is 0 Å². The lowest BCUT2D eigenvalue weighted by Gasteiger charge is -2.13. The molecule has 0 aliphatic carbocycles. The molecule has 2 aromatic carbocycles. The van der Waals surface area contributed by atoms with Gasteiger partial charge in [-0.1, -0.05) is 30.3 Å². The molecule has 0 unspecified atom stereocenters. The van der Waals surface area contributed by atoms with E-state index in [-0.39, 0.29) is 16.8 Å². The number of rotatable bonds is 3. The fourth-order valence-corrected chi connectivity index (χ4v) is 3.20. The Morgan fingerprint density at radius 1 is 1.08 bits per heavy atom. The van der Waals surface area contributed by atoms with E-state index in [0.29, 0.717) is 22.4 Å². The first-order valence-electron chi connectivity index (χ1n) is 7.93. The molecule has 2 amide bonds. The van der Waals surface area contributed by atoms with Gasteiger partial charge in [-0.2, -0.15) is 0 Å². The van der Waals surface area contributed by atoms with Crippen molar-refractivity contribution in [2.24, 2.45) is 0 Å². The fourth-order valence-electron chi connectivity index (χ4n) is 3.20. The van der Waals surface area contributed by atoms with Crippen molar-refractivity contribution in [1.82, 2.24) is 0 Å². The van der Waals surface area contributed by atoms with E-state index in [1.807, 2.05) is 18.2 Å². The number of fused-ring (bicyclic) bond motifs is 1.